The smallest absolute Gasteiger partial charge is 0.178 e. The minimum atomic E-state index is -3.27. The number of aromatic nitrogens is 1. The van der Waals surface area contributed by atoms with Gasteiger partial charge in [0.2, 0.25) is 0 Å². The van der Waals surface area contributed by atoms with Crippen LogP contribution < -0.4 is 5.73 Å². The summed E-state index contributed by atoms with van der Waals surface area (Å²) in [4.78, 5) is 4.23. The zero-order valence-electron chi connectivity index (χ0n) is 10.7. The number of benzene rings is 1. The average molecular weight is 276 g/mol. The number of nitrogens with zero attached hydrogens (tertiary/aromatic N) is 1. The highest BCUT2D eigenvalue weighted by molar-refractivity contribution is 7.91. The first kappa shape index (κ1) is 13.5. The Kier molecular flexibility index (Phi) is 3.85. The lowest BCUT2D eigenvalue weighted by atomic mass is 10.2. The maximum atomic E-state index is 12.2. The number of hydrogen-bond acceptors (Lipinski definition) is 4. The van der Waals surface area contributed by atoms with Crippen LogP contribution in [-0.2, 0) is 16.3 Å². The van der Waals surface area contributed by atoms with Gasteiger partial charge in [0.25, 0.3) is 0 Å². The second-order valence-corrected chi connectivity index (χ2v) is 6.55. The fourth-order valence-corrected chi connectivity index (χ4v) is 3.13. The van der Waals surface area contributed by atoms with Crippen LogP contribution in [0.3, 0.4) is 0 Å². The largest absolute Gasteiger partial charge is 0.399 e. The molecule has 0 radical (unpaired) electrons. The average Bonchev–Trinajstić information content (AvgIpc) is 2.41. The lowest BCUT2D eigenvalue weighted by Gasteiger charge is -2.07. The van der Waals surface area contributed by atoms with Crippen molar-refractivity contribution in [1.82, 2.24) is 4.98 Å². The molecule has 0 amide bonds. The van der Waals surface area contributed by atoms with E-state index in [-0.39, 0.29) is 5.75 Å². The molecule has 0 bridgehead atoms. The number of nitrogens with two attached hydrogens (primary N) is 1. The maximum Gasteiger partial charge on any atom is 0.178 e. The van der Waals surface area contributed by atoms with Crippen molar-refractivity contribution in [1.29, 1.82) is 0 Å². The van der Waals surface area contributed by atoms with Crippen LogP contribution in [0.15, 0.2) is 47.6 Å². The van der Waals surface area contributed by atoms with Gasteiger partial charge in [0.05, 0.1) is 10.6 Å². The van der Waals surface area contributed by atoms with Crippen LogP contribution in [0.1, 0.15) is 11.1 Å². The van der Waals surface area contributed by atoms with E-state index >= 15 is 0 Å². The lowest BCUT2D eigenvalue weighted by molar-refractivity contribution is 0.595. The molecule has 0 fully saturated rings. The van der Waals surface area contributed by atoms with E-state index in [0.29, 0.717) is 17.0 Å². The summed E-state index contributed by atoms with van der Waals surface area (Å²) in [6, 6.07) is 8.46. The molecular formula is C14H16N2O2S. The minimum Gasteiger partial charge on any atom is -0.399 e. The standard InChI is InChI=1S/C14H16N2O2S/c1-11-10-13(2-3-14(11)15)19(17,18)9-6-12-4-7-16-8-5-12/h2-5,7-8,10H,6,9,15H2,1H3. The van der Waals surface area contributed by atoms with E-state index in [2.05, 4.69) is 4.98 Å². The number of rotatable bonds is 4. The number of anilines is 1. The zero-order chi connectivity index (χ0) is 13.9. The van der Waals surface area contributed by atoms with Crippen LogP contribution in [0, 0.1) is 6.92 Å². The Labute approximate surface area is 113 Å². The molecule has 100 valence electrons. The molecule has 1 heterocycles. The van der Waals surface area contributed by atoms with Gasteiger partial charge >= 0.3 is 0 Å². The van der Waals surface area contributed by atoms with E-state index in [1.165, 1.54) is 0 Å². The fourth-order valence-electron chi connectivity index (χ4n) is 1.76. The molecule has 0 aliphatic rings. The van der Waals surface area contributed by atoms with Crippen molar-refractivity contribution in [2.45, 2.75) is 18.2 Å². The maximum absolute atomic E-state index is 12.2. The molecule has 2 N–H and O–H groups in total. The monoisotopic (exact) mass is 276 g/mol. The summed E-state index contributed by atoms with van der Waals surface area (Å²) in [7, 11) is -3.27. The molecule has 0 unspecified atom stereocenters. The number of nitrogen functional groups attached to an aromatic ring is 1. The highest BCUT2D eigenvalue weighted by Crippen LogP contribution is 2.18. The van der Waals surface area contributed by atoms with Crippen molar-refractivity contribution in [2.24, 2.45) is 0 Å². The Bertz CT molecular complexity index is 667. The van der Waals surface area contributed by atoms with E-state index in [0.717, 1.165) is 11.1 Å². The van der Waals surface area contributed by atoms with Crippen LogP contribution >= 0.6 is 0 Å². The van der Waals surface area contributed by atoms with Crippen molar-refractivity contribution in [3.63, 3.8) is 0 Å². The lowest BCUT2D eigenvalue weighted by Crippen LogP contribution is -2.10. The van der Waals surface area contributed by atoms with E-state index < -0.39 is 9.84 Å². The second kappa shape index (κ2) is 5.40. The number of hydrogen-bond donors (Lipinski definition) is 1. The molecule has 2 rings (SSSR count). The Morgan fingerprint density at radius 3 is 2.47 bits per heavy atom. The van der Waals surface area contributed by atoms with E-state index in [1.807, 2.05) is 12.1 Å². The first-order valence-electron chi connectivity index (χ1n) is 5.97. The molecule has 1 aromatic carbocycles. The van der Waals surface area contributed by atoms with Crippen LogP contribution in [0.2, 0.25) is 0 Å². The highest BCUT2D eigenvalue weighted by atomic mass is 32.2. The van der Waals surface area contributed by atoms with Gasteiger partial charge in [0, 0.05) is 18.1 Å². The van der Waals surface area contributed by atoms with Gasteiger partial charge in [-0.15, -0.1) is 0 Å². The zero-order valence-corrected chi connectivity index (χ0v) is 11.5. The SMILES string of the molecule is Cc1cc(S(=O)(=O)CCc2ccncc2)ccc1N. The Morgan fingerprint density at radius 2 is 1.84 bits per heavy atom. The van der Waals surface area contributed by atoms with Crippen molar-refractivity contribution in [2.75, 3.05) is 11.5 Å². The minimum absolute atomic E-state index is 0.0837. The van der Waals surface area contributed by atoms with Crippen LogP contribution in [0.5, 0.6) is 0 Å². The van der Waals surface area contributed by atoms with Crippen molar-refractivity contribution in [3.8, 4) is 0 Å². The fraction of sp³-hybridized carbons (Fsp3) is 0.214. The topological polar surface area (TPSA) is 73.0 Å². The van der Waals surface area contributed by atoms with Crippen LogP contribution in [0.25, 0.3) is 0 Å². The van der Waals surface area contributed by atoms with Gasteiger partial charge in [0.15, 0.2) is 9.84 Å². The Balaban J connectivity index is 2.16. The van der Waals surface area contributed by atoms with Gasteiger partial charge in [-0.05, 0) is 54.8 Å². The molecule has 0 atom stereocenters. The molecule has 0 spiro atoms. The van der Waals surface area contributed by atoms with E-state index in [9.17, 15) is 8.42 Å². The van der Waals surface area contributed by atoms with Gasteiger partial charge in [-0.3, -0.25) is 4.98 Å². The normalized spacial score (nSPS) is 11.4. The van der Waals surface area contributed by atoms with Gasteiger partial charge in [-0.25, -0.2) is 8.42 Å². The summed E-state index contributed by atoms with van der Waals surface area (Å²) < 4.78 is 24.4. The summed E-state index contributed by atoms with van der Waals surface area (Å²) >= 11 is 0. The summed E-state index contributed by atoms with van der Waals surface area (Å²) in [6.45, 7) is 1.80. The highest BCUT2D eigenvalue weighted by Gasteiger charge is 2.15. The second-order valence-electron chi connectivity index (χ2n) is 4.44. The third-order valence-corrected chi connectivity index (χ3v) is 4.72. The summed E-state index contributed by atoms with van der Waals surface area (Å²) in [5, 5.41) is 0. The number of aryl methyl sites for hydroxylation is 2. The predicted molar refractivity (Wildman–Crippen MR) is 75.6 cm³/mol. The number of sulfone groups is 1. The molecule has 4 nitrogen and oxygen atoms in total. The van der Waals surface area contributed by atoms with Crippen molar-refractivity contribution in [3.05, 3.63) is 53.9 Å². The summed E-state index contributed by atoms with van der Waals surface area (Å²) in [5.41, 5.74) is 8.05. The van der Waals surface area contributed by atoms with Gasteiger partial charge in [0.1, 0.15) is 0 Å². The number of pyridine rings is 1. The quantitative estimate of drug-likeness (QED) is 0.867. The first-order valence-corrected chi connectivity index (χ1v) is 7.62. The predicted octanol–water partition coefficient (Wildman–Crippen LogP) is 1.99. The van der Waals surface area contributed by atoms with E-state index in [4.69, 9.17) is 5.73 Å². The summed E-state index contributed by atoms with van der Waals surface area (Å²) in [5.74, 6) is 0.0837. The Morgan fingerprint density at radius 1 is 1.16 bits per heavy atom. The summed E-state index contributed by atoms with van der Waals surface area (Å²) in [6.07, 6.45) is 3.80. The molecule has 2 aromatic rings. The van der Waals surface area contributed by atoms with Crippen LogP contribution in [-0.4, -0.2) is 19.2 Å². The molecule has 1 aromatic heterocycles. The molecule has 0 saturated carbocycles. The van der Waals surface area contributed by atoms with Gasteiger partial charge < -0.3 is 5.73 Å². The molecule has 0 aliphatic carbocycles. The molecule has 5 heteroatoms. The first-order chi connectivity index (χ1) is 8.99. The third-order valence-electron chi connectivity index (χ3n) is 3.01. The van der Waals surface area contributed by atoms with Gasteiger partial charge in [-0.2, -0.15) is 0 Å². The van der Waals surface area contributed by atoms with Gasteiger partial charge in [-0.1, -0.05) is 0 Å². The van der Waals surface area contributed by atoms with E-state index in [1.54, 1.807) is 37.5 Å². The molecule has 0 aliphatic heterocycles. The van der Waals surface area contributed by atoms with Crippen molar-refractivity contribution >= 4 is 15.5 Å². The molecule has 0 saturated heterocycles. The van der Waals surface area contributed by atoms with Crippen LogP contribution in [0.4, 0.5) is 5.69 Å². The van der Waals surface area contributed by atoms with Crippen molar-refractivity contribution < 1.29 is 8.42 Å². The Hall–Kier alpha value is -1.88. The molecular weight excluding hydrogens is 260 g/mol. The molecule has 19 heavy (non-hydrogen) atoms. The third kappa shape index (κ3) is 3.32.